The number of anilines is 6. The fourth-order valence-corrected chi connectivity index (χ4v) is 5.70. The van der Waals surface area contributed by atoms with Crippen LogP contribution in [0.3, 0.4) is 0 Å². The normalized spacial score (nSPS) is 11.3. The van der Waals surface area contributed by atoms with Gasteiger partial charge in [0.15, 0.2) is 0 Å². The third kappa shape index (κ3) is 5.15. The molecule has 1 heterocycles. The van der Waals surface area contributed by atoms with Crippen LogP contribution < -0.4 is 9.80 Å². The summed E-state index contributed by atoms with van der Waals surface area (Å²) in [4.78, 5) is 4.57. The number of fused-ring (bicyclic) bond motifs is 3. The van der Waals surface area contributed by atoms with Gasteiger partial charge in [0.05, 0.1) is 0 Å². The van der Waals surface area contributed by atoms with Gasteiger partial charge in [-0.15, -0.1) is 0 Å². The molecule has 6 aromatic carbocycles. The Morgan fingerprint density at radius 1 is 0.326 bits per heavy atom. The molecule has 1 aromatic heterocycles. The molecule has 0 bridgehead atoms. The van der Waals surface area contributed by atoms with Crippen LogP contribution in [0.25, 0.3) is 21.9 Å². The van der Waals surface area contributed by atoms with Gasteiger partial charge in [0.2, 0.25) is 0 Å². The molecule has 0 aliphatic carbocycles. The van der Waals surface area contributed by atoms with E-state index in [2.05, 4.69) is 171 Å². The average Bonchev–Trinajstić information content (AvgIpc) is 3.38. The van der Waals surface area contributed by atoms with E-state index in [-0.39, 0.29) is 0 Å². The zero-order valence-electron chi connectivity index (χ0n) is 25.0. The maximum atomic E-state index is 6.60. The molecule has 7 rings (SSSR count). The lowest BCUT2D eigenvalue weighted by molar-refractivity contribution is 0.669. The zero-order chi connectivity index (χ0) is 29.5. The van der Waals surface area contributed by atoms with Crippen LogP contribution >= 0.6 is 0 Å². The lowest BCUT2D eigenvalue weighted by atomic mass is 10.1. The molecule has 0 N–H and O–H groups in total. The van der Waals surface area contributed by atoms with Gasteiger partial charge in [-0.2, -0.15) is 0 Å². The van der Waals surface area contributed by atoms with Gasteiger partial charge in [0.25, 0.3) is 0 Å². The highest BCUT2D eigenvalue weighted by atomic mass is 16.3. The smallest absolute Gasteiger partial charge is 0.137 e. The standard InChI is InChI=1S/C40H34N2O/c1-27-5-13-31(14-6-27)41(32-15-7-28(2)8-16-32)35-21-23-37-38-24-22-36(26-40(38)43-39(37)25-35)42(33-17-9-29(3)10-18-33)34-19-11-30(4)12-20-34/h5-26H,1-4H3. The second-order valence-corrected chi connectivity index (χ2v) is 11.5. The van der Waals surface area contributed by atoms with Crippen molar-refractivity contribution in [2.75, 3.05) is 9.80 Å². The van der Waals surface area contributed by atoms with Crippen molar-refractivity contribution >= 4 is 56.1 Å². The minimum atomic E-state index is 0.867. The molecule has 0 atom stereocenters. The van der Waals surface area contributed by atoms with Crippen molar-refractivity contribution in [3.63, 3.8) is 0 Å². The molecule has 43 heavy (non-hydrogen) atoms. The van der Waals surface area contributed by atoms with E-state index in [0.717, 1.165) is 56.1 Å². The van der Waals surface area contributed by atoms with Gasteiger partial charge in [-0.05, 0) is 100 Å². The average molecular weight is 559 g/mol. The van der Waals surface area contributed by atoms with Crippen LogP contribution in [0.2, 0.25) is 0 Å². The molecule has 0 unspecified atom stereocenters. The van der Waals surface area contributed by atoms with Gasteiger partial charge in [0, 0.05) is 57.0 Å². The lowest BCUT2D eigenvalue weighted by Gasteiger charge is -2.25. The van der Waals surface area contributed by atoms with Crippen molar-refractivity contribution in [1.29, 1.82) is 0 Å². The fourth-order valence-electron chi connectivity index (χ4n) is 5.70. The first-order valence-corrected chi connectivity index (χ1v) is 14.8. The number of furan rings is 1. The molecular weight excluding hydrogens is 524 g/mol. The summed E-state index contributed by atoms with van der Waals surface area (Å²) >= 11 is 0. The second kappa shape index (κ2) is 10.8. The summed E-state index contributed by atoms with van der Waals surface area (Å²) < 4.78 is 6.60. The molecule has 0 aliphatic rings. The van der Waals surface area contributed by atoms with Crippen molar-refractivity contribution in [3.8, 4) is 0 Å². The first-order chi connectivity index (χ1) is 20.9. The fraction of sp³-hybridized carbons (Fsp3) is 0.100. The summed E-state index contributed by atoms with van der Waals surface area (Å²) in [5.41, 5.74) is 13.2. The predicted octanol–water partition coefficient (Wildman–Crippen LogP) is 11.8. The molecule has 0 fully saturated rings. The van der Waals surface area contributed by atoms with Crippen LogP contribution in [0.4, 0.5) is 34.1 Å². The van der Waals surface area contributed by atoms with Crippen LogP contribution in [0, 0.1) is 27.7 Å². The van der Waals surface area contributed by atoms with E-state index >= 15 is 0 Å². The van der Waals surface area contributed by atoms with E-state index < -0.39 is 0 Å². The van der Waals surface area contributed by atoms with Gasteiger partial charge >= 0.3 is 0 Å². The highest BCUT2D eigenvalue weighted by Crippen LogP contribution is 2.41. The highest BCUT2D eigenvalue weighted by Gasteiger charge is 2.18. The number of aryl methyl sites for hydroxylation is 4. The Kier molecular flexibility index (Phi) is 6.71. The van der Waals surface area contributed by atoms with E-state index in [4.69, 9.17) is 4.42 Å². The van der Waals surface area contributed by atoms with E-state index in [9.17, 15) is 0 Å². The van der Waals surface area contributed by atoms with Crippen molar-refractivity contribution in [1.82, 2.24) is 0 Å². The quantitative estimate of drug-likeness (QED) is 0.202. The van der Waals surface area contributed by atoms with Gasteiger partial charge in [-0.25, -0.2) is 0 Å². The van der Waals surface area contributed by atoms with Gasteiger partial charge in [-0.1, -0.05) is 70.8 Å². The SMILES string of the molecule is Cc1ccc(N(c2ccc(C)cc2)c2ccc3c(c2)oc2cc(N(c4ccc(C)cc4)c4ccc(C)cc4)ccc23)cc1. The van der Waals surface area contributed by atoms with Crippen molar-refractivity contribution < 1.29 is 4.42 Å². The maximum Gasteiger partial charge on any atom is 0.137 e. The van der Waals surface area contributed by atoms with Crippen LogP contribution in [-0.2, 0) is 0 Å². The molecule has 0 amide bonds. The topological polar surface area (TPSA) is 19.6 Å². The number of rotatable bonds is 6. The highest BCUT2D eigenvalue weighted by molar-refractivity contribution is 6.07. The van der Waals surface area contributed by atoms with Gasteiger partial charge < -0.3 is 14.2 Å². The minimum Gasteiger partial charge on any atom is -0.456 e. The molecule has 0 saturated carbocycles. The van der Waals surface area contributed by atoms with Crippen LogP contribution in [0.15, 0.2) is 138 Å². The molecule has 0 spiro atoms. The predicted molar refractivity (Wildman–Crippen MR) is 182 cm³/mol. The third-order valence-corrected chi connectivity index (χ3v) is 8.13. The Morgan fingerprint density at radius 3 is 0.860 bits per heavy atom. The summed E-state index contributed by atoms with van der Waals surface area (Å²) in [7, 11) is 0. The molecule has 0 aliphatic heterocycles. The van der Waals surface area contributed by atoms with Crippen LogP contribution in [0.5, 0.6) is 0 Å². The molecule has 3 heteroatoms. The van der Waals surface area contributed by atoms with Gasteiger partial charge in [0.1, 0.15) is 11.2 Å². The van der Waals surface area contributed by atoms with E-state index in [0.29, 0.717) is 0 Å². The largest absolute Gasteiger partial charge is 0.456 e. The van der Waals surface area contributed by atoms with E-state index in [1.54, 1.807) is 0 Å². The number of benzene rings is 6. The van der Waals surface area contributed by atoms with E-state index in [1.807, 2.05) is 0 Å². The van der Waals surface area contributed by atoms with Crippen LogP contribution in [-0.4, -0.2) is 0 Å². The second-order valence-electron chi connectivity index (χ2n) is 11.5. The Hall–Kier alpha value is -5.28. The van der Waals surface area contributed by atoms with Crippen molar-refractivity contribution in [2.45, 2.75) is 27.7 Å². The summed E-state index contributed by atoms with van der Waals surface area (Å²) in [5, 5.41) is 2.21. The number of hydrogen-bond donors (Lipinski definition) is 0. The lowest BCUT2D eigenvalue weighted by Crippen LogP contribution is -2.09. The molecular formula is C40H34N2O. The number of hydrogen-bond acceptors (Lipinski definition) is 3. The Bertz CT molecular complexity index is 1800. The Balaban J connectivity index is 1.34. The summed E-state index contributed by atoms with van der Waals surface area (Å²) in [6, 6.07) is 47.7. The third-order valence-electron chi connectivity index (χ3n) is 8.13. The zero-order valence-corrected chi connectivity index (χ0v) is 25.0. The minimum absolute atomic E-state index is 0.867. The molecule has 3 nitrogen and oxygen atoms in total. The molecule has 0 radical (unpaired) electrons. The monoisotopic (exact) mass is 558 g/mol. The van der Waals surface area contributed by atoms with Crippen molar-refractivity contribution in [3.05, 3.63) is 156 Å². The number of nitrogens with zero attached hydrogens (tertiary/aromatic N) is 2. The summed E-state index contributed by atoms with van der Waals surface area (Å²) in [5.74, 6) is 0. The first-order valence-electron chi connectivity index (χ1n) is 14.8. The molecule has 7 aromatic rings. The summed E-state index contributed by atoms with van der Waals surface area (Å²) in [6.45, 7) is 8.47. The molecule has 0 saturated heterocycles. The Morgan fingerprint density at radius 2 is 0.581 bits per heavy atom. The van der Waals surface area contributed by atoms with Crippen molar-refractivity contribution in [2.24, 2.45) is 0 Å². The van der Waals surface area contributed by atoms with Crippen LogP contribution in [0.1, 0.15) is 22.3 Å². The van der Waals surface area contributed by atoms with Gasteiger partial charge in [-0.3, -0.25) is 0 Å². The summed E-state index contributed by atoms with van der Waals surface area (Å²) in [6.07, 6.45) is 0. The molecule has 210 valence electrons. The Labute approximate surface area is 253 Å². The maximum absolute atomic E-state index is 6.60. The van der Waals surface area contributed by atoms with E-state index in [1.165, 1.54) is 22.3 Å². The first kappa shape index (κ1) is 26.6.